The lowest BCUT2D eigenvalue weighted by molar-refractivity contribution is -0.124. The summed E-state index contributed by atoms with van der Waals surface area (Å²) < 4.78 is 5.27. The zero-order valence-electron chi connectivity index (χ0n) is 13.1. The molecule has 2 aliphatic rings. The number of benzene rings is 1. The highest BCUT2D eigenvalue weighted by Crippen LogP contribution is 2.25. The number of hydrogen-bond acceptors (Lipinski definition) is 6. The molecule has 0 spiro atoms. The first kappa shape index (κ1) is 16.9. The number of rotatable bonds is 2. The number of carbonyl (C=O) groups is 1. The van der Waals surface area contributed by atoms with Gasteiger partial charge in [-0.25, -0.2) is 10.9 Å². The van der Waals surface area contributed by atoms with Crippen molar-refractivity contribution in [2.45, 2.75) is 19.3 Å². The number of aliphatic imine (C=N–C) groups is 1. The summed E-state index contributed by atoms with van der Waals surface area (Å²) in [6, 6.07) is 5.97. The quantitative estimate of drug-likeness (QED) is 0.357. The molecule has 3 rings (SSSR count). The standard InChI is InChI=1S/C15H17N5O2S2/c1-22-10-5-6-11-9(7-10)3-2-4-12(11)18-19-14(23)17-15-20(16)13(21)8-24-15/h5-7H,2-4,8,16H2,1H3,(H,19,23)/b17-15+,18-12+. The maximum Gasteiger partial charge on any atom is 0.253 e. The number of carbonyl (C=O) groups excluding carboxylic acids is 1. The molecular weight excluding hydrogens is 346 g/mol. The zero-order chi connectivity index (χ0) is 17.1. The van der Waals surface area contributed by atoms with E-state index < -0.39 is 0 Å². The number of nitrogens with one attached hydrogen (secondary N) is 1. The van der Waals surface area contributed by atoms with Crippen LogP contribution in [0.25, 0.3) is 0 Å². The summed E-state index contributed by atoms with van der Waals surface area (Å²) in [7, 11) is 1.66. The number of amidine groups is 1. The Morgan fingerprint density at radius 2 is 2.29 bits per heavy atom. The number of hydrazine groups is 1. The number of methoxy groups -OCH3 is 1. The number of hydrazone groups is 1. The molecule has 1 heterocycles. The largest absolute Gasteiger partial charge is 0.497 e. The molecule has 1 aliphatic carbocycles. The molecule has 9 heteroatoms. The first-order valence-electron chi connectivity index (χ1n) is 7.41. The average Bonchev–Trinajstić information content (AvgIpc) is 2.91. The van der Waals surface area contributed by atoms with Crippen molar-refractivity contribution in [1.29, 1.82) is 0 Å². The van der Waals surface area contributed by atoms with Gasteiger partial charge < -0.3 is 4.74 Å². The molecule has 24 heavy (non-hydrogen) atoms. The highest BCUT2D eigenvalue weighted by atomic mass is 32.2. The van der Waals surface area contributed by atoms with Crippen LogP contribution in [0.1, 0.15) is 24.0 Å². The SMILES string of the molecule is COc1ccc2c(c1)CCC/C2=N\NC(=S)/N=C1/SCC(=O)N1N. The summed E-state index contributed by atoms with van der Waals surface area (Å²) in [6.07, 6.45) is 2.88. The van der Waals surface area contributed by atoms with E-state index in [0.717, 1.165) is 41.3 Å². The van der Waals surface area contributed by atoms with Gasteiger partial charge in [-0.3, -0.25) is 10.2 Å². The number of nitrogens with zero attached hydrogens (tertiary/aromatic N) is 3. The first-order chi connectivity index (χ1) is 11.6. The number of nitrogens with two attached hydrogens (primary N) is 1. The van der Waals surface area contributed by atoms with E-state index >= 15 is 0 Å². The second-order valence-corrected chi connectivity index (χ2v) is 6.63. The van der Waals surface area contributed by atoms with Gasteiger partial charge in [0, 0.05) is 5.56 Å². The van der Waals surface area contributed by atoms with Crippen molar-refractivity contribution >= 4 is 45.9 Å². The van der Waals surface area contributed by atoms with E-state index in [1.165, 1.54) is 17.3 Å². The minimum atomic E-state index is -0.192. The van der Waals surface area contributed by atoms with E-state index in [1.807, 2.05) is 18.2 Å². The minimum absolute atomic E-state index is 0.177. The molecule has 0 atom stereocenters. The van der Waals surface area contributed by atoms with Crippen LogP contribution in [0.2, 0.25) is 0 Å². The van der Waals surface area contributed by atoms with E-state index in [4.69, 9.17) is 22.8 Å². The van der Waals surface area contributed by atoms with Crippen LogP contribution in [0.3, 0.4) is 0 Å². The predicted octanol–water partition coefficient (Wildman–Crippen LogP) is 1.42. The maximum absolute atomic E-state index is 11.4. The molecule has 0 saturated carbocycles. The second-order valence-electron chi connectivity index (χ2n) is 5.30. The minimum Gasteiger partial charge on any atom is -0.497 e. The molecule has 0 unspecified atom stereocenters. The van der Waals surface area contributed by atoms with Gasteiger partial charge in [-0.15, -0.1) is 0 Å². The van der Waals surface area contributed by atoms with E-state index in [-0.39, 0.29) is 16.8 Å². The van der Waals surface area contributed by atoms with Gasteiger partial charge in [-0.1, -0.05) is 11.8 Å². The van der Waals surface area contributed by atoms with Crippen molar-refractivity contribution in [3.63, 3.8) is 0 Å². The molecule has 1 aromatic rings. The molecule has 1 aromatic carbocycles. The summed E-state index contributed by atoms with van der Waals surface area (Å²) in [5, 5.41) is 5.96. The van der Waals surface area contributed by atoms with Crippen LogP contribution in [-0.2, 0) is 11.2 Å². The lowest BCUT2D eigenvalue weighted by Gasteiger charge is -2.18. The van der Waals surface area contributed by atoms with Crippen LogP contribution in [0.5, 0.6) is 5.75 Å². The van der Waals surface area contributed by atoms with E-state index in [1.54, 1.807) is 7.11 Å². The van der Waals surface area contributed by atoms with Crippen LogP contribution < -0.4 is 16.0 Å². The van der Waals surface area contributed by atoms with Gasteiger partial charge in [0.25, 0.3) is 5.91 Å². The highest BCUT2D eigenvalue weighted by molar-refractivity contribution is 8.15. The molecule has 0 bridgehead atoms. The van der Waals surface area contributed by atoms with E-state index in [9.17, 15) is 4.79 Å². The second kappa shape index (κ2) is 7.29. The molecular formula is C15H17N5O2S2. The Kier molecular flexibility index (Phi) is 5.12. The average molecular weight is 363 g/mol. The summed E-state index contributed by atoms with van der Waals surface area (Å²) in [5.41, 5.74) is 6.01. The van der Waals surface area contributed by atoms with Gasteiger partial charge >= 0.3 is 0 Å². The molecule has 0 radical (unpaired) electrons. The summed E-state index contributed by atoms with van der Waals surface area (Å²) in [5.74, 6) is 6.53. The predicted molar refractivity (Wildman–Crippen MR) is 99.1 cm³/mol. The Bertz CT molecular complexity index is 747. The summed E-state index contributed by atoms with van der Waals surface area (Å²) in [6.45, 7) is 0. The van der Waals surface area contributed by atoms with Crippen LogP contribution in [-0.4, -0.2) is 39.8 Å². The van der Waals surface area contributed by atoms with Crippen molar-refractivity contribution in [2.24, 2.45) is 15.9 Å². The fraction of sp³-hybridized carbons (Fsp3) is 0.333. The third kappa shape index (κ3) is 3.58. The van der Waals surface area contributed by atoms with Crippen molar-refractivity contribution in [3.8, 4) is 5.75 Å². The van der Waals surface area contributed by atoms with Crippen molar-refractivity contribution in [2.75, 3.05) is 12.9 Å². The fourth-order valence-corrected chi connectivity index (χ4v) is 3.55. The van der Waals surface area contributed by atoms with Crippen LogP contribution >= 0.6 is 24.0 Å². The number of thioether (sulfide) groups is 1. The number of thiocarbonyl (C=S) groups is 1. The zero-order valence-corrected chi connectivity index (χ0v) is 14.7. The lowest BCUT2D eigenvalue weighted by atomic mass is 9.90. The Balaban J connectivity index is 1.73. The Morgan fingerprint density at radius 1 is 1.46 bits per heavy atom. The smallest absolute Gasteiger partial charge is 0.253 e. The van der Waals surface area contributed by atoms with E-state index in [0.29, 0.717) is 5.17 Å². The Morgan fingerprint density at radius 3 is 3.00 bits per heavy atom. The number of aryl methyl sites for hydroxylation is 1. The molecule has 1 amide bonds. The van der Waals surface area contributed by atoms with Crippen molar-refractivity contribution in [1.82, 2.24) is 10.4 Å². The fourth-order valence-electron chi connectivity index (χ4n) is 2.57. The van der Waals surface area contributed by atoms with Crippen molar-refractivity contribution < 1.29 is 9.53 Å². The van der Waals surface area contributed by atoms with Crippen LogP contribution in [0.4, 0.5) is 0 Å². The number of amides is 1. The monoisotopic (exact) mass is 363 g/mol. The van der Waals surface area contributed by atoms with Gasteiger partial charge in [0.2, 0.25) is 5.11 Å². The molecule has 3 N–H and O–H groups in total. The van der Waals surface area contributed by atoms with Gasteiger partial charge in [0.1, 0.15) is 5.75 Å². The molecule has 1 aliphatic heterocycles. The molecule has 7 nitrogen and oxygen atoms in total. The third-order valence-electron chi connectivity index (χ3n) is 3.77. The first-order valence-corrected chi connectivity index (χ1v) is 8.81. The summed E-state index contributed by atoms with van der Waals surface area (Å²) >= 11 is 6.41. The highest BCUT2D eigenvalue weighted by Gasteiger charge is 2.25. The lowest BCUT2D eigenvalue weighted by Crippen LogP contribution is -2.37. The molecule has 1 fully saturated rings. The van der Waals surface area contributed by atoms with Gasteiger partial charge in [-0.05, 0) is 55.2 Å². The number of fused-ring (bicyclic) bond motifs is 1. The maximum atomic E-state index is 11.4. The summed E-state index contributed by atoms with van der Waals surface area (Å²) in [4.78, 5) is 15.5. The normalized spacial score (nSPS) is 20.4. The Labute approximate surface area is 149 Å². The van der Waals surface area contributed by atoms with Crippen LogP contribution in [0.15, 0.2) is 28.3 Å². The molecule has 126 valence electrons. The van der Waals surface area contributed by atoms with Crippen LogP contribution in [0, 0.1) is 0 Å². The number of ether oxygens (including phenoxy) is 1. The topological polar surface area (TPSA) is 92.3 Å². The molecule has 1 saturated heterocycles. The van der Waals surface area contributed by atoms with E-state index in [2.05, 4.69) is 15.5 Å². The third-order valence-corrected chi connectivity index (χ3v) is 4.89. The van der Waals surface area contributed by atoms with Gasteiger partial charge in [0.15, 0.2) is 5.17 Å². The van der Waals surface area contributed by atoms with Gasteiger partial charge in [0.05, 0.1) is 18.6 Å². The van der Waals surface area contributed by atoms with Gasteiger partial charge in [-0.2, -0.15) is 10.1 Å². The Hall–Kier alpha value is -1.97. The molecule has 0 aromatic heterocycles. The van der Waals surface area contributed by atoms with Crippen molar-refractivity contribution in [3.05, 3.63) is 29.3 Å². The number of hydrogen-bond donors (Lipinski definition) is 2.